The molecular weight excluding hydrogens is 252 g/mol. The predicted molar refractivity (Wildman–Crippen MR) is 77.1 cm³/mol. The van der Waals surface area contributed by atoms with Gasteiger partial charge in [-0.3, -0.25) is 4.90 Å². The van der Waals surface area contributed by atoms with Crippen molar-refractivity contribution < 1.29 is 4.84 Å². The summed E-state index contributed by atoms with van der Waals surface area (Å²) >= 11 is 0. The van der Waals surface area contributed by atoms with Crippen LogP contribution >= 0.6 is 0 Å². The third-order valence-corrected chi connectivity index (χ3v) is 3.23. The third-order valence-electron chi connectivity index (χ3n) is 3.23. The molecule has 0 amide bonds. The van der Waals surface area contributed by atoms with Crippen LogP contribution in [0.25, 0.3) is 0 Å². The van der Waals surface area contributed by atoms with E-state index in [1.807, 2.05) is 65.6 Å². The first-order valence-corrected chi connectivity index (χ1v) is 6.40. The molecule has 2 aromatic carbocycles. The summed E-state index contributed by atoms with van der Waals surface area (Å²) in [6.07, 6.45) is 0. The number of amidine groups is 1. The Labute approximate surface area is 116 Å². The summed E-state index contributed by atoms with van der Waals surface area (Å²) in [5.74, 6) is 1.56. The maximum Gasteiger partial charge on any atom is 0.272 e. The van der Waals surface area contributed by atoms with E-state index in [1.54, 1.807) is 5.01 Å². The van der Waals surface area contributed by atoms with Crippen LogP contribution < -0.4 is 4.90 Å². The number of hydrazone groups is 1. The number of fused-ring (bicyclic) bond motifs is 1. The summed E-state index contributed by atoms with van der Waals surface area (Å²) in [6, 6.07) is 20.1. The molecule has 0 fully saturated rings. The van der Waals surface area contributed by atoms with E-state index in [4.69, 9.17) is 4.84 Å². The minimum atomic E-state index is 0.356. The average molecular weight is 264 g/mol. The van der Waals surface area contributed by atoms with E-state index in [0.29, 0.717) is 12.7 Å². The summed E-state index contributed by atoms with van der Waals surface area (Å²) in [5, 5.41) is 10.4. The van der Waals surface area contributed by atoms with Gasteiger partial charge in [0.1, 0.15) is 0 Å². The zero-order valence-corrected chi connectivity index (χ0v) is 10.7. The smallest absolute Gasteiger partial charge is 0.272 e. The van der Waals surface area contributed by atoms with E-state index < -0.39 is 0 Å². The Morgan fingerprint density at radius 2 is 1.60 bits per heavy atom. The molecule has 2 aromatic rings. The van der Waals surface area contributed by atoms with E-state index in [1.165, 1.54) is 0 Å². The summed E-state index contributed by atoms with van der Waals surface area (Å²) in [6.45, 7) is 0.356. The van der Waals surface area contributed by atoms with E-state index in [-0.39, 0.29) is 0 Å². The lowest BCUT2D eigenvalue weighted by Crippen LogP contribution is -2.35. The fraction of sp³-hybridized carbons (Fsp3) is 0.0667. The van der Waals surface area contributed by atoms with E-state index >= 15 is 0 Å². The first-order valence-electron chi connectivity index (χ1n) is 6.40. The maximum atomic E-state index is 5.11. The average Bonchev–Trinajstić information content (AvgIpc) is 3.09. The predicted octanol–water partition coefficient (Wildman–Crippen LogP) is 2.43. The van der Waals surface area contributed by atoms with Crippen LogP contribution in [0.3, 0.4) is 0 Å². The number of hydrogen-bond donors (Lipinski definition) is 0. The fourth-order valence-corrected chi connectivity index (χ4v) is 2.32. The summed E-state index contributed by atoms with van der Waals surface area (Å²) in [4.78, 5) is 7.11. The van der Waals surface area contributed by atoms with Crippen molar-refractivity contribution in [2.24, 2.45) is 10.3 Å². The van der Waals surface area contributed by atoms with Gasteiger partial charge in [0.05, 0.1) is 5.69 Å². The van der Waals surface area contributed by atoms with Crippen LogP contribution in [0.4, 0.5) is 5.69 Å². The van der Waals surface area contributed by atoms with Crippen LogP contribution in [0.2, 0.25) is 0 Å². The van der Waals surface area contributed by atoms with Gasteiger partial charge in [-0.2, -0.15) is 5.01 Å². The Morgan fingerprint density at radius 3 is 2.35 bits per heavy atom. The van der Waals surface area contributed by atoms with Gasteiger partial charge in [-0.1, -0.05) is 48.5 Å². The summed E-state index contributed by atoms with van der Waals surface area (Å²) < 4.78 is 0. The number of oxime groups is 1. The third kappa shape index (κ3) is 1.64. The highest BCUT2D eigenvalue weighted by atomic mass is 16.7. The second-order valence-electron chi connectivity index (χ2n) is 4.51. The Morgan fingerprint density at radius 1 is 0.900 bits per heavy atom. The summed E-state index contributed by atoms with van der Waals surface area (Å²) in [5.41, 5.74) is 2.07. The van der Waals surface area contributed by atoms with Gasteiger partial charge in [0.2, 0.25) is 6.73 Å². The van der Waals surface area contributed by atoms with Gasteiger partial charge < -0.3 is 4.84 Å². The van der Waals surface area contributed by atoms with E-state index in [0.717, 1.165) is 17.1 Å². The molecule has 0 atom stereocenters. The van der Waals surface area contributed by atoms with Crippen molar-refractivity contribution in [3.05, 3.63) is 66.2 Å². The number of anilines is 1. The Balaban J connectivity index is 1.83. The van der Waals surface area contributed by atoms with Crippen molar-refractivity contribution in [1.29, 1.82) is 0 Å². The van der Waals surface area contributed by atoms with E-state index in [9.17, 15) is 0 Å². The zero-order chi connectivity index (χ0) is 13.4. The molecule has 0 aliphatic carbocycles. The van der Waals surface area contributed by atoms with E-state index in [2.05, 4.69) is 10.3 Å². The number of guanidine groups is 1. The van der Waals surface area contributed by atoms with Crippen molar-refractivity contribution >= 4 is 17.5 Å². The first-order chi connectivity index (χ1) is 9.93. The van der Waals surface area contributed by atoms with Crippen molar-refractivity contribution in [3.8, 4) is 0 Å². The first kappa shape index (κ1) is 11.0. The van der Waals surface area contributed by atoms with Crippen LogP contribution in [-0.2, 0) is 4.84 Å². The summed E-state index contributed by atoms with van der Waals surface area (Å²) in [7, 11) is 0. The topological polar surface area (TPSA) is 40.4 Å². The Kier molecular flexibility index (Phi) is 2.42. The highest BCUT2D eigenvalue weighted by Crippen LogP contribution is 2.26. The monoisotopic (exact) mass is 264 g/mol. The molecule has 0 bridgehead atoms. The lowest BCUT2D eigenvalue weighted by Gasteiger charge is -2.18. The zero-order valence-electron chi connectivity index (χ0n) is 10.7. The van der Waals surface area contributed by atoms with Crippen molar-refractivity contribution in [2.75, 3.05) is 11.6 Å². The molecule has 0 unspecified atom stereocenters. The van der Waals surface area contributed by atoms with Gasteiger partial charge >= 0.3 is 0 Å². The molecule has 2 heterocycles. The highest BCUT2D eigenvalue weighted by Gasteiger charge is 2.36. The second-order valence-corrected chi connectivity index (χ2v) is 4.51. The largest absolute Gasteiger partial charge is 0.368 e. The molecule has 5 nitrogen and oxygen atoms in total. The van der Waals surface area contributed by atoms with Crippen LogP contribution in [-0.4, -0.2) is 23.5 Å². The fourth-order valence-electron chi connectivity index (χ4n) is 2.32. The molecule has 0 radical (unpaired) electrons. The molecule has 4 rings (SSSR count). The number of rotatable bonds is 2. The van der Waals surface area contributed by atoms with Gasteiger partial charge in [-0.15, -0.1) is 5.10 Å². The number of hydrogen-bond acceptors (Lipinski definition) is 5. The lowest BCUT2D eigenvalue weighted by atomic mass is 10.2. The number of benzene rings is 2. The molecule has 98 valence electrons. The van der Waals surface area contributed by atoms with Crippen LogP contribution in [0, 0.1) is 0 Å². The van der Waals surface area contributed by atoms with Crippen LogP contribution in [0.1, 0.15) is 5.56 Å². The molecule has 0 saturated carbocycles. The molecule has 0 saturated heterocycles. The second kappa shape index (κ2) is 4.38. The lowest BCUT2D eigenvalue weighted by molar-refractivity contribution is 0.112. The molecule has 0 spiro atoms. The molecule has 2 aliphatic rings. The van der Waals surface area contributed by atoms with Gasteiger partial charge in [0.15, 0.2) is 5.84 Å². The highest BCUT2D eigenvalue weighted by molar-refractivity contribution is 6.27. The normalized spacial score (nSPS) is 16.6. The van der Waals surface area contributed by atoms with Crippen LogP contribution in [0.15, 0.2) is 70.9 Å². The molecule has 2 aliphatic heterocycles. The SMILES string of the molecule is c1ccc(C2=NN3CON=C3N2c2ccccc2)cc1. The van der Waals surface area contributed by atoms with Gasteiger partial charge in [-0.25, -0.2) is 0 Å². The van der Waals surface area contributed by atoms with Crippen molar-refractivity contribution in [2.45, 2.75) is 0 Å². The van der Waals surface area contributed by atoms with Crippen LogP contribution in [0.5, 0.6) is 0 Å². The molecule has 20 heavy (non-hydrogen) atoms. The molecule has 0 N–H and O–H groups in total. The Hall–Kier alpha value is -2.82. The minimum absolute atomic E-state index is 0.356. The molecule has 0 aromatic heterocycles. The Bertz CT molecular complexity index is 682. The molecule has 5 heteroatoms. The number of para-hydroxylation sites is 1. The van der Waals surface area contributed by atoms with Gasteiger partial charge in [0.25, 0.3) is 5.96 Å². The van der Waals surface area contributed by atoms with Gasteiger partial charge in [0, 0.05) is 5.56 Å². The van der Waals surface area contributed by atoms with Gasteiger partial charge in [-0.05, 0) is 17.3 Å². The van der Waals surface area contributed by atoms with Crippen molar-refractivity contribution in [3.63, 3.8) is 0 Å². The maximum absolute atomic E-state index is 5.11. The quantitative estimate of drug-likeness (QED) is 0.836. The van der Waals surface area contributed by atoms with Crippen molar-refractivity contribution in [1.82, 2.24) is 5.01 Å². The minimum Gasteiger partial charge on any atom is -0.368 e. The standard InChI is InChI=1S/C15H12N4O/c1-3-7-12(8-4-1)14-16-18-11-20-17-15(18)19(14)13-9-5-2-6-10-13/h1-10H,11H2. The number of nitrogens with zero attached hydrogens (tertiary/aromatic N) is 4. The molecular formula is C15H12N4O.